The molecule has 0 atom stereocenters. The van der Waals surface area contributed by atoms with Gasteiger partial charge in [0.05, 0.1) is 5.69 Å². The molecule has 0 aliphatic carbocycles. The zero-order valence-electron chi connectivity index (χ0n) is 13.5. The van der Waals surface area contributed by atoms with Crippen LogP contribution in [0.4, 0.5) is 0 Å². The van der Waals surface area contributed by atoms with Crippen LogP contribution in [0.1, 0.15) is 21.6 Å². The molecule has 0 saturated heterocycles. The van der Waals surface area contributed by atoms with E-state index in [4.69, 9.17) is 11.6 Å². The minimum absolute atomic E-state index is 0.0344. The van der Waals surface area contributed by atoms with Crippen LogP contribution in [0.3, 0.4) is 0 Å². The molecule has 2 aromatic carbocycles. The standard InChI is InChI=1S/C20H16ClN3O/c21-18-3-1-2-16(10-18)14-4-6-15(7-5-14)20(25)24-9-8-19-17(12-24)11-22-13-23-19/h1-7,10-11,13H,8-9,12H2. The van der Waals surface area contributed by atoms with Gasteiger partial charge < -0.3 is 4.90 Å². The lowest BCUT2D eigenvalue weighted by Gasteiger charge is -2.28. The van der Waals surface area contributed by atoms with Crippen LogP contribution < -0.4 is 0 Å². The molecule has 0 bridgehead atoms. The summed E-state index contributed by atoms with van der Waals surface area (Å²) in [5, 5.41) is 0.701. The fraction of sp³-hybridized carbons (Fsp3) is 0.150. The van der Waals surface area contributed by atoms with Crippen LogP contribution in [-0.4, -0.2) is 27.3 Å². The number of benzene rings is 2. The largest absolute Gasteiger partial charge is 0.334 e. The Morgan fingerprint density at radius 1 is 1.08 bits per heavy atom. The van der Waals surface area contributed by atoms with Crippen LogP contribution in [0.2, 0.25) is 5.02 Å². The zero-order valence-corrected chi connectivity index (χ0v) is 14.3. The highest BCUT2D eigenvalue weighted by Crippen LogP contribution is 2.24. The first kappa shape index (κ1) is 15.8. The van der Waals surface area contributed by atoms with Crippen molar-refractivity contribution in [3.63, 3.8) is 0 Å². The van der Waals surface area contributed by atoms with E-state index < -0.39 is 0 Å². The third-order valence-electron chi connectivity index (χ3n) is 4.44. The van der Waals surface area contributed by atoms with Crippen molar-refractivity contribution >= 4 is 17.5 Å². The van der Waals surface area contributed by atoms with E-state index in [1.807, 2.05) is 53.4 Å². The molecule has 0 saturated carbocycles. The Morgan fingerprint density at radius 2 is 1.92 bits per heavy atom. The second kappa shape index (κ2) is 6.65. The number of fused-ring (bicyclic) bond motifs is 1. The first-order chi connectivity index (χ1) is 12.2. The van der Waals surface area contributed by atoms with Crippen molar-refractivity contribution in [2.45, 2.75) is 13.0 Å². The van der Waals surface area contributed by atoms with Gasteiger partial charge in [0.1, 0.15) is 6.33 Å². The number of nitrogens with zero attached hydrogens (tertiary/aromatic N) is 3. The molecule has 1 amide bonds. The average Bonchev–Trinajstić information content (AvgIpc) is 2.67. The molecule has 0 N–H and O–H groups in total. The summed E-state index contributed by atoms with van der Waals surface area (Å²) < 4.78 is 0. The second-order valence-electron chi connectivity index (χ2n) is 6.06. The number of hydrogen-bond donors (Lipinski definition) is 0. The molecule has 124 valence electrons. The van der Waals surface area contributed by atoms with Gasteiger partial charge in [0.25, 0.3) is 5.91 Å². The Morgan fingerprint density at radius 3 is 2.72 bits per heavy atom. The molecule has 3 aromatic rings. The SMILES string of the molecule is O=C(c1ccc(-c2cccc(Cl)c2)cc1)N1CCc2ncncc2C1. The van der Waals surface area contributed by atoms with Crippen molar-refractivity contribution in [1.82, 2.24) is 14.9 Å². The smallest absolute Gasteiger partial charge is 0.254 e. The minimum Gasteiger partial charge on any atom is -0.334 e. The number of halogens is 1. The number of carbonyl (C=O) groups excluding carboxylic acids is 1. The van der Waals surface area contributed by atoms with Crippen LogP contribution in [0.15, 0.2) is 61.1 Å². The van der Waals surface area contributed by atoms with Gasteiger partial charge in [-0.05, 0) is 35.4 Å². The number of aromatic nitrogens is 2. The third kappa shape index (κ3) is 3.26. The summed E-state index contributed by atoms with van der Waals surface area (Å²) >= 11 is 6.05. The summed E-state index contributed by atoms with van der Waals surface area (Å²) in [6.45, 7) is 1.24. The second-order valence-corrected chi connectivity index (χ2v) is 6.50. The van der Waals surface area contributed by atoms with E-state index in [9.17, 15) is 4.79 Å². The average molecular weight is 350 g/mol. The van der Waals surface area contributed by atoms with Crippen molar-refractivity contribution < 1.29 is 4.79 Å². The van der Waals surface area contributed by atoms with Gasteiger partial charge >= 0.3 is 0 Å². The molecule has 0 radical (unpaired) electrons. The fourth-order valence-corrected chi connectivity index (χ4v) is 3.29. The lowest BCUT2D eigenvalue weighted by molar-refractivity contribution is 0.0733. The van der Waals surface area contributed by atoms with Crippen LogP contribution in [0.25, 0.3) is 11.1 Å². The first-order valence-electron chi connectivity index (χ1n) is 8.14. The fourth-order valence-electron chi connectivity index (χ4n) is 3.10. The third-order valence-corrected chi connectivity index (χ3v) is 4.67. The number of carbonyl (C=O) groups is 1. The molecule has 1 aromatic heterocycles. The van der Waals surface area contributed by atoms with Crippen molar-refractivity contribution in [2.75, 3.05) is 6.54 Å². The van der Waals surface area contributed by atoms with Crippen LogP contribution >= 0.6 is 11.6 Å². The van der Waals surface area contributed by atoms with Crippen molar-refractivity contribution in [3.8, 4) is 11.1 Å². The maximum Gasteiger partial charge on any atom is 0.254 e. The molecular formula is C20H16ClN3O. The summed E-state index contributed by atoms with van der Waals surface area (Å²) in [5.74, 6) is 0.0344. The van der Waals surface area contributed by atoms with Gasteiger partial charge in [-0.3, -0.25) is 4.79 Å². The molecule has 5 heteroatoms. The van der Waals surface area contributed by atoms with Crippen LogP contribution in [0.5, 0.6) is 0 Å². The Labute approximate surface area is 151 Å². The summed E-state index contributed by atoms with van der Waals surface area (Å²) in [7, 11) is 0. The van der Waals surface area contributed by atoms with Crippen molar-refractivity contribution in [2.24, 2.45) is 0 Å². The molecule has 25 heavy (non-hydrogen) atoms. The molecule has 0 fully saturated rings. The first-order valence-corrected chi connectivity index (χ1v) is 8.51. The molecule has 1 aliphatic heterocycles. The summed E-state index contributed by atoms with van der Waals surface area (Å²) in [5.41, 5.74) is 4.83. The van der Waals surface area contributed by atoms with Gasteiger partial charge in [0.15, 0.2) is 0 Å². The Hall–Kier alpha value is -2.72. The topological polar surface area (TPSA) is 46.1 Å². The molecule has 0 unspecified atom stereocenters. The highest BCUT2D eigenvalue weighted by Gasteiger charge is 2.22. The van der Waals surface area contributed by atoms with E-state index >= 15 is 0 Å². The van der Waals surface area contributed by atoms with Gasteiger partial charge in [-0.25, -0.2) is 9.97 Å². The van der Waals surface area contributed by atoms with Gasteiger partial charge in [-0.15, -0.1) is 0 Å². The molecule has 1 aliphatic rings. The van der Waals surface area contributed by atoms with Crippen LogP contribution in [0, 0.1) is 0 Å². The predicted octanol–water partition coefficient (Wildman–Crippen LogP) is 4.00. The van der Waals surface area contributed by atoms with E-state index in [0.717, 1.165) is 28.8 Å². The van der Waals surface area contributed by atoms with Crippen molar-refractivity contribution in [1.29, 1.82) is 0 Å². The minimum atomic E-state index is 0.0344. The van der Waals surface area contributed by atoms with E-state index in [1.54, 1.807) is 12.5 Å². The van der Waals surface area contributed by atoms with Gasteiger partial charge in [-0.1, -0.05) is 35.9 Å². The lowest BCUT2D eigenvalue weighted by atomic mass is 10.0. The quantitative estimate of drug-likeness (QED) is 0.702. The molecule has 0 spiro atoms. The van der Waals surface area contributed by atoms with E-state index in [1.165, 1.54) is 0 Å². The monoisotopic (exact) mass is 349 g/mol. The van der Waals surface area contributed by atoms with E-state index in [2.05, 4.69) is 9.97 Å². The Kier molecular flexibility index (Phi) is 4.20. The summed E-state index contributed by atoms with van der Waals surface area (Å²) in [4.78, 5) is 23.0. The summed E-state index contributed by atoms with van der Waals surface area (Å²) in [6, 6.07) is 15.3. The zero-order chi connectivity index (χ0) is 17.2. The lowest BCUT2D eigenvalue weighted by Crippen LogP contribution is -2.36. The van der Waals surface area contributed by atoms with Gasteiger partial charge in [0.2, 0.25) is 0 Å². The highest BCUT2D eigenvalue weighted by molar-refractivity contribution is 6.30. The summed E-state index contributed by atoms with van der Waals surface area (Å²) in [6.07, 6.45) is 4.12. The normalized spacial score (nSPS) is 13.4. The molecule has 4 rings (SSSR count). The molecule has 4 nitrogen and oxygen atoms in total. The Balaban J connectivity index is 1.53. The maximum absolute atomic E-state index is 12.8. The maximum atomic E-state index is 12.8. The number of hydrogen-bond acceptors (Lipinski definition) is 3. The molecular weight excluding hydrogens is 334 g/mol. The predicted molar refractivity (Wildman–Crippen MR) is 97.4 cm³/mol. The molecule has 2 heterocycles. The number of amides is 1. The van der Waals surface area contributed by atoms with E-state index in [0.29, 0.717) is 23.7 Å². The van der Waals surface area contributed by atoms with Gasteiger partial charge in [0, 0.05) is 41.9 Å². The number of rotatable bonds is 2. The van der Waals surface area contributed by atoms with Gasteiger partial charge in [-0.2, -0.15) is 0 Å². The highest BCUT2D eigenvalue weighted by atomic mass is 35.5. The van der Waals surface area contributed by atoms with Crippen LogP contribution in [-0.2, 0) is 13.0 Å². The van der Waals surface area contributed by atoms with E-state index in [-0.39, 0.29) is 5.91 Å². The van der Waals surface area contributed by atoms with Crippen molar-refractivity contribution in [3.05, 3.63) is 82.9 Å². The Bertz CT molecular complexity index is 924.